The van der Waals surface area contributed by atoms with Crippen LogP contribution in [-0.2, 0) is 16.1 Å². The molecule has 218 valence electrons. The van der Waals surface area contributed by atoms with E-state index in [-0.39, 0.29) is 31.1 Å². The predicted octanol–water partition coefficient (Wildman–Crippen LogP) is 2.20. The third kappa shape index (κ3) is 5.18. The van der Waals surface area contributed by atoms with Gasteiger partial charge in [0, 0.05) is 24.2 Å². The Bertz CT molecular complexity index is 1680. The van der Waals surface area contributed by atoms with E-state index in [0.29, 0.717) is 52.6 Å². The summed E-state index contributed by atoms with van der Waals surface area (Å²) in [5.41, 5.74) is -0.374. The van der Waals surface area contributed by atoms with Crippen molar-refractivity contribution in [2.45, 2.75) is 45.4 Å². The molecule has 5 rings (SSSR count). The van der Waals surface area contributed by atoms with Gasteiger partial charge in [0.15, 0.2) is 0 Å². The number of aryl methyl sites for hydroxylation is 1. The molecule has 1 amide bonds. The first-order valence-electron chi connectivity index (χ1n) is 13.3. The zero-order valence-corrected chi connectivity index (χ0v) is 23.8. The highest BCUT2D eigenvalue weighted by atomic mass is 32.1. The van der Waals surface area contributed by atoms with Crippen molar-refractivity contribution in [2.24, 2.45) is 0 Å². The van der Waals surface area contributed by atoms with Crippen molar-refractivity contribution in [1.29, 1.82) is 0 Å². The molecule has 4 aromatic rings. The maximum absolute atomic E-state index is 14.4. The summed E-state index contributed by atoms with van der Waals surface area (Å²) < 4.78 is 28.2. The highest BCUT2D eigenvalue weighted by molar-refractivity contribution is 7.21. The van der Waals surface area contributed by atoms with E-state index in [4.69, 9.17) is 9.47 Å². The fourth-order valence-electron chi connectivity index (χ4n) is 5.33. The molecule has 3 aromatic heterocycles. The second kappa shape index (κ2) is 11.9. The number of likely N-dealkylation sites (tertiary alicyclic amines) is 1. The molecule has 1 aliphatic rings. The van der Waals surface area contributed by atoms with Crippen LogP contribution in [-0.4, -0.2) is 73.5 Å². The number of halogens is 1. The summed E-state index contributed by atoms with van der Waals surface area (Å²) in [6.07, 6.45) is 3.05. The maximum atomic E-state index is 14.4. The Morgan fingerprint density at radius 3 is 2.66 bits per heavy atom. The fourth-order valence-corrected chi connectivity index (χ4v) is 6.55. The van der Waals surface area contributed by atoms with E-state index in [1.54, 1.807) is 11.8 Å². The van der Waals surface area contributed by atoms with Gasteiger partial charge in [-0.1, -0.05) is 11.3 Å². The number of carbonyl (C=O) groups excluding carboxylic acids is 1. The molecule has 1 saturated heterocycles. The van der Waals surface area contributed by atoms with Crippen molar-refractivity contribution in [3.05, 3.63) is 68.4 Å². The monoisotopic (exact) mass is 586 g/mol. The van der Waals surface area contributed by atoms with Gasteiger partial charge in [-0.25, -0.2) is 13.8 Å². The van der Waals surface area contributed by atoms with E-state index in [1.165, 1.54) is 47.1 Å². The van der Waals surface area contributed by atoms with E-state index in [0.717, 1.165) is 15.9 Å². The lowest BCUT2D eigenvalue weighted by molar-refractivity contribution is -0.137. The van der Waals surface area contributed by atoms with Crippen molar-refractivity contribution in [3.8, 4) is 10.8 Å². The minimum absolute atomic E-state index is 0.0969. The van der Waals surface area contributed by atoms with Crippen LogP contribution >= 0.6 is 11.3 Å². The van der Waals surface area contributed by atoms with Gasteiger partial charge in [-0.15, -0.1) is 4.80 Å². The van der Waals surface area contributed by atoms with Crippen LogP contribution in [0.5, 0.6) is 5.75 Å². The summed E-state index contributed by atoms with van der Waals surface area (Å²) in [7, 11) is 1.44. The first-order chi connectivity index (χ1) is 19.8. The van der Waals surface area contributed by atoms with Crippen LogP contribution in [0.25, 0.3) is 15.2 Å². The van der Waals surface area contributed by atoms with Crippen molar-refractivity contribution in [1.82, 2.24) is 29.0 Å². The zero-order chi connectivity index (χ0) is 29.3. The largest absolute Gasteiger partial charge is 0.496 e. The molecule has 4 heterocycles. The fraction of sp³-hybridized carbons (Fsp3) is 0.444. The van der Waals surface area contributed by atoms with Crippen LogP contribution in [0.4, 0.5) is 4.39 Å². The molecule has 14 heteroatoms. The molecule has 1 unspecified atom stereocenters. The highest BCUT2D eigenvalue weighted by Gasteiger charge is 2.34. The van der Waals surface area contributed by atoms with E-state index in [2.05, 4.69) is 10.2 Å². The van der Waals surface area contributed by atoms with Crippen molar-refractivity contribution < 1.29 is 23.8 Å². The third-order valence-corrected chi connectivity index (χ3v) is 8.59. The molecule has 0 saturated carbocycles. The lowest BCUT2D eigenvalue weighted by atomic mass is 10.0. The summed E-state index contributed by atoms with van der Waals surface area (Å²) >= 11 is 1.15. The molecule has 0 radical (unpaired) electrons. The quantitative estimate of drug-likeness (QED) is 0.299. The highest BCUT2D eigenvalue weighted by Crippen LogP contribution is 2.34. The van der Waals surface area contributed by atoms with Gasteiger partial charge in [-0.05, 0) is 44.9 Å². The molecule has 12 nitrogen and oxygen atoms in total. The molecule has 41 heavy (non-hydrogen) atoms. The van der Waals surface area contributed by atoms with Crippen molar-refractivity contribution in [2.75, 3.05) is 33.4 Å². The molecule has 0 spiro atoms. The van der Waals surface area contributed by atoms with E-state index in [1.807, 2.05) is 6.92 Å². The number of amides is 1. The van der Waals surface area contributed by atoms with Crippen LogP contribution in [0.1, 0.15) is 43.0 Å². The van der Waals surface area contributed by atoms with Gasteiger partial charge in [0.1, 0.15) is 33.5 Å². The molecule has 1 aliphatic heterocycles. The summed E-state index contributed by atoms with van der Waals surface area (Å²) in [6.45, 7) is 4.05. The minimum Gasteiger partial charge on any atom is -0.496 e. The second-order valence-corrected chi connectivity index (χ2v) is 10.6. The number of aliphatic hydroxyl groups excluding tert-OH is 1. The summed E-state index contributed by atoms with van der Waals surface area (Å²) in [5.74, 6) is -0.491. The number of nitrogens with zero attached hydrogens (tertiary/aromatic N) is 6. The summed E-state index contributed by atoms with van der Waals surface area (Å²) in [5, 5.41) is 18.7. The van der Waals surface area contributed by atoms with E-state index >= 15 is 0 Å². The first kappa shape index (κ1) is 28.6. The number of methoxy groups -OCH3 is 1. The van der Waals surface area contributed by atoms with Gasteiger partial charge < -0.3 is 19.5 Å². The van der Waals surface area contributed by atoms with Crippen molar-refractivity contribution in [3.63, 3.8) is 0 Å². The summed E-state index contributed by atoms with van der Waals surface area (Å²) in [6, 6.07) is 2.99. The molecular formula is C27H31FN6O6S. The number of carbonyl (C=O) groups is 1. The van der Waals surface area contributed by atoms with Gasteiger partial charge in [-0.3, -0.25) is 14.2 Å². The van der Waals surface area contributed by atoms with Crippen LogP contribution < -0.4 is 16.0 Å². The Morgan fingerprint density at radius 1 is 1.22 bits per heavy atom. The van der Waals surface area contributed by atoms with E-state index in [9.17, 15) is 23.9 Å². The number of thiophene rings is 1. The Kier molecular flexibility index (Phi) is 8.33. The standard InChI is InChI=1S/C27H31FN6O6S/c1-4-31-11-5-6-19(23(31)36)33-24(37)22-16(2)25(34-29-9-10-30-34)41-26(22)32(27(33)38)15-21(40-13-12-35)18-14-17(28)7-8-20(18)39-3/h7-10,14,19,21,35H,4-6,11-13,15H2,1-3H3/t19?,21-/m0/s1. The van der Waals surface area contributed by atoms with Gasteiger partial charge in [0.05, 0.1) is 44.6 Å². The number of rotatable bonds is 10. The number of likely N-dealkylation sites (N-methyl/N-ethyl adjacent to an activating group) is 1. The Hall–Kier alpha value is -3.88. The Morgan fingerprint density at radius 2 is 1.98 bits per heavy atom. The molecule has 0 aliphatic carbocycles. The summed E-state index contributed by atoms with van der Waals surface area (Å²) in [4.78, 5) is 45.0. The molecule has 0 bridgehead atoms. The normalized spacial score (nSPS) is 16.5. The number of piperidine rings is 1. The number of ether oxygens (including phenoxy) is 2. The number of fused-ring (bicyclic) bond motifs is 1. The van der Waals surface area contributed by atoms with Crippen LogP contribution in [0.15, 0.2) is 40.2 Å². The average molecular weight is 587 g/mol. The predicted molar refractivity (Wildman–Crippen MR) is 149 cm³/mol. The van der Waals surface area contributed by atoms with Gasteiger partial charge in [0.25, 0.3) is 5.56 Å². The molecule has 1 aromatic carbocycles. The third-order valence-electron chi connectivity index (χ3n) is 7.31. The smallest absolute Gasteiger partial charge is 0.332 e. The average Bonchev–Trinajstić information content (AvgIpc) is 3.62. The lowest BCUT2D eigenvalue weighted by Gasteiger charge is -2.32. The number of aromatic nitrogens is 5. The minimum atomic E-state index is -0.967. The van der Waals surface area contributed by atoms with Crippen molar-refractivity contribution >= 4 is 27.5 Å². The second-order valence-electron chi connectivity index (χ2n) is 9.64. The lowest BCUT2D eigenvalue weighted by Crippen LogP contribution is -2.50. The molecule has 1 fully saturated rings. The van der Waals surface area contributed by atoms with Crippen LogP contribution in [0, 0.1) is 12.7 Å². The van der Waals surface area contributed by atoms with Crippen LogP contribution in [0.2, 0.25) is 0 Å². The van der Waals surface area contributed by atoms with Crippen LogP contribution in [0.3, 0.4) is 0 Å². The zero-order valence-electron chi connectivity index (χ0n) is 22.9. The Balaban J connectivity index is 1.76. The number of hydrogen-bond donors (Lipinski definition) is 1. The van der Waals surface area contributed by atoms with Gasteiger partial charge in [0.2, 0.25) is 5.91 Å². The maximum Gasteiger partial charge on any atom is 0.332 e. The van der Waals surface area contributed by atoms with Gasteiger partial charge in [-0.2, -0.15) is 10.2 Å². The Labute approximate surface area is 238 Å². The topological polar surface area (TPSA) is 134 Å². The number of aliphatic hydroxyl groups is 1. The van der Waals surface area contributed by atoms with E-state index < -0.39 is 29.2 Å². The number of benzene rings is 1. The molecular weight excluding hydrogens is 555 g/mol. The SMILES string of the molecule is CCN1CCCC(n2c(=O)c3c(C)c(-n4nccn4)sc3n(C[C@H](OCCO)c3cc(F)ccc3OC)c2=O)C1=O. The van der Waals surface area contributed by atoms with Gasteiger partial charge >= 0.3 is 5.69 Å². The number of hydrogen-bond acceptors (Lipinski definition) is 9. The first-order valence-corrected chi connectivity index (χ1v) is 14.1. The molecule has 2 atom stereocenters. The molecule has 1 N–H and O–H groups in total.